The Morgan fingerprint density at radius 1 is 1.38 bits per heavy atom. The monoisotopic (exact) mass is 273 g/mol. The molecule has 0 fully saturated rings. The van der Waals surface area contributed by atoms with Crippen LogP contribution in [-0.2, 0) is 10.0 Å². The molecular formula is C7H16BrNO3S. The number of hydrogen-bond acceptors (Lipinski definition) is 3. The van der Waals surface area contributed by atoms with Gasteiger partial charge in [-0.05, 0) is 12.8 Å². The van der Waals surface area contributed by atoms with Gasteiger partial charge in [-0.25, -0.2) is 13.1 Å². The molecule has 0 aliphatic carbocycles. The largest absolute Gasteiger partial charge is 0.389 e. The molecule has 0 aromatic carbocycles. The Labute approximate surface area is 87.9 Å². The van der Waals surface area contributed by atoms with Crippen molar-refractivity contribution >= 4 is 26.0 Å². The van der Waals surface area contributed by atoms with E-state index in [0.29, 0.717) is 12.8 Å². The molecule has 4 nitrogen and oxygen atoms in total. The number of nitrogens with one attached hydrogen (secondary N) is 1. The van der Waals surface area contributed by atoms with Crippen molar-refractivity contribution in [2.24, 2.45) is 0 Å². The fourth-order valence-corrected chi connectivity index (χ4v) is 1.83. The molecule has 0 aliphatic rings. The molecule has 0 radical (unpaired) electrons. The minimum absolute atomic E-state index is 0.0773. The summed E-state index contributed by atoms with van der Waals surface area (Å²) in [6.07, 6.45) is 1.07. The van der Waals surface area contributed by atoms with Crippen LogP contribution in [0.15, 0.2) is 0 Å². The number of halogens is 1. The summed E-state index contributed by atoms with van der Waals surface area (Å²) in [6.45, 7) is 3.73. The highest BCUT2D eigenvalue weighted by Crippen LogP contribution is 2.13. The molecule has 2 N–H and O–H groups in total. The molecule has 0 amide bonds. The van der Waals surface area contributed by atoms with E-state index in [2.05, 4.69) is 20.7 Å². The summed E-state index contributed by atoms with van der Waals surface area (Å²) in [4.78, 5) is 0. The van der Waals surface area contributed by atoms with Gasteiger partial charge in [0, 0.05) is 6.54 Å². The van der Waals surface area contributed by atoms with Gasteiger partial charge in [-0.2, -0.15) is 0 Å². The topological polar surface area (TPSA) is 66.4 Å². The van der Waals surface area contributed by atoms with Gasteiger partial charge < -0.3 is 5.11 Å². The van der Waals surface area contributed by atoms with E-state index in [0.717, 1.165) is 0 Å². The van der Waals surface area contributed by atoms with Crippen LogP contribution >= 0.6 is 15.9 Å². The highest BCUT2D eigenvalue weighted by molar-refractivity contribution is 9.10. The van der Waals surface area contributed by atoms with Crippen molar-refractivity contribution in [3.63, 3.8) is 0 Å². The lowest BCUT2D eigenvalue weighted by atomic mass is 9.98. The van der Waals surface area contributed by atoms with Crippen molar-refractivity contribution in [3.05, 3.63) is 0 Å². The minimum atomic E-state index is -3.27. The number of aliphatic hydroxyl groups is 1. The van der Waals surface area contributed by atoms with Crippen molar-refractivity contribution in [2.45, 2.75) is 32.3 Å². The number of hydrogen-bond donors (Lipinski definition) is 2. The quantitative estimate of drug-likeness (QED) is 0.704. The smallest absolute Gasteiger partial charge is 0.221 e. The van der Waals surface area contributed by atoms with Gasteiger partial charge in [-0.3, -0.25) is 0 Å². The highest BCUT2D eigenvalue weighted by Gasteiger charge is 2.23. The van der Waals surface area contributed by atoms with Crippen LogP contribution in [0, 0.1) is 0 Å². The van der Waals surface area contributed by atoms with Gasteiger partial charge >= 0.3 is 0 Å². The van der Waals surface area contributed by atoms with Gasteiger partial charge in [-0.15, -0.1) is 0 Å². The first-order valence-corrected chi connectivity index (χ1v) is 6.92. The fraction of sp³-hybridized carbons (Fsp3) is 1.00. The maximum Gasteiger partial charge on any atom is 0.221 e. The van der Waals surface area contributed by atoms with Gasteiger partial charge in [-0.1, -0.05) is 29.8 Å². The lowest BCUT2D eigenvalue weighted by molar-refractivity contribution is 0.0377. The third kappa shape index (κ3) is 4.95. The van der Waals surface area contributed by atoms with Crippen molar-refractivity contribution < 1.29 is 13.5 Å². The Morgan fingerprint density at radius 3 is 2.15 bits per heavy atom. The summed E-state index contributed by atoms with van der Waals surface area (Å²) in [5, 5.41) is 9.75. The maximum atomic E-state index is 11.0. The number of alkyl halides is 1. The van der Waals surface area contributed by atoms with Gasteiger partial charge in [0.25, 0.3) is 0 Å². The van der Waals surface area contributed by atoms with E-state index < -0.39 is 15.6 Å². The van der Waals surface area contributed by atoms with Crippen LogP contribution in [0.25, 0.3) is 0 Å². The molecule has 0 aromatic heterocycles. The molecule has 0 bridgehead atoms. The first kappa shape index (κ1) is 13.4. The molecule has 0 unspecified atom stereocenters. The summed E-state index contributed by atoms with van der Waals surface area (Å²) in [6, 6.07) is 0. The molecule has 0 saturated heterocycles. The average Bonchev–Trinajstić information content (AvgIpc) is 2.14. The van der Waals surface area contributed by atoms with Crippen LogP contribution in [0.1, 0.15) is 26.7 Å². The first-order chi connectivity index (χ1) is 5.89. The molecular weight excluding hydrogens is 258 g/mol. The number of sulfonamides is 1. The summed E-state index contributed by atoms with van der Waals surface area (Å²) < 4.78 is 24.2. The molecule has 13 heavy (non-hydrogen) atoms. The average molecular weight is 274 g/mol. The van der Waals surface area contributed by atoms with Crippen LogP contribution in [0.4, 0.5) is 0 Å². The fourth-order valence-electron chi connectivity index (χ4n) is 0.783. The summed E-state index contributed by atoms with van der Waals surface area (Å²) in [7, 11) is -3.27. The Bertz CT molecular complexity index is 236. The second-order valence-corrected chi connectivity index (χ2v) is 6.09. The molecule has 6 heteroatoms. The molecule has 80 valence electrons. The zero-order valence-electron chi connectivity index (χ0n) is 7.88. The third-order valence-corrected chi connectivity index (χ3v) is 4.76. The Kier molecular flexibility index (Phi) is 5.43. The molecule has 0 saturated carbocycles. The van der Waals surface area contributed by atoms with Gasteiger partial charge in [0.15, 0.2) is 0 Å². The third-order valence-electron chi connectivity index (χ3n) is 2.08. The lowest BCUT2D eigenvalue weighted by Gasteiger charge is -2.24. The summed E-state index contributed by atoms with van der Waals surface area (Å²) in [5.41, 5.74) is -0.921. The minimum Gasteiger partial charge on any atom is -0.389 e. The number of rotatable bonds is 6. The molecule has 0 rings (SSSR count). The highest BCUT2D eigenvalue weighted by atomic mass is 79.9. The van der Waals surface area contributed by atoms with Gasteiger partial charge in [0.1, 0.15) is 4.66 Å². The summed E-state index contributed by atoms with van der Waals surface area (Å²) >= 11 is 2.85. The zero-order chi connectivity index (χ0) is 10.5. The van der Waals surface area contributed by atoms with Gasteiger partial charge in [0.05, 0.1) is 5.60 Å². The second-order valence-electron chi connectivity index (χ2n) is 2.98. The predicted octanol–water partition coefficient (Wildman–Crippen LogP) is 0.809. The van der Waals surface area contributed by atoms with Gasteiger partial charge in [0.2, 0.25) is 10.0 Å². The maximum absolute atomic E-state index is 11.0. The van der Waals surface area contributed by atoms with E-state index >= 15 is 0 Å². The molecule has 0 aliphatic heterocycles. The van der Waals surface area contributed by atoms with E-state index in [1.165, 1.54) is 0 Å². The van der Waals surface area contributed by atoms with E-state index in [4.69, 9.17) is 0 Å². The van der Waals surface area contributed by atoms with Crippen molar-refractivity contribution in [1.82, 2.24) is 4.72 Å². The van der Waals surface area contributed by atoms with Crippen LogP contribution in [0.5, 0.6) is 0 Å². The van der Waals surface area contributed by atoms with E-state index in [-0.39, 0.29) is 11.2 Å². The molecule has 0 aromatic rings. The summed E-state index contributed by atoms with van der Waals surface area (Å²) in [5.74, 6) is 0. The Balaban J connectivity index is 4.15. The Morgan fingerprint density at radius 2 is 1.85 bits per heavy atom. The molecule has 0 heterocycles. The van der Waals surface area contributed by atoms with Crippen molar-refractivity contribution in [1.29, 1.82) is 0 Å². The molecule has 0 spiro atoms. The van der Waals surface area contributed by atoms with Crippen molar-refractivity contribution in [2.75, 3.05) is 11.2 Å². The zero-order valence-corrected chi connectivity index (χ0v) is 10.3. The standard InChI is InChI=1S/C7H16BrNO3S/c1-3-7(10,4-2)5-9-13(11,12)6-8/h9-10H,3-6H2,1-2H3. The van der Waals surface area contributed by atoms with E-state index in [1.54, 1.807) is 0 Å². The van der Waals surface area contributed by atoms with E-state index in [1.807, 2.05) is 13.8 Å². The predicted molar refractivity (Wildman–Crippen MR) is 56.2 cm³/mol. The normalized spacial score (nSPS) is 13.2. The first-order valence-electron chi connectivity index (χ1n) is 4.15. The Hall–Kier alpha value is 0.350. The van der Waals surface area contributed by atoms with Crippen LogP contribution < -0.4 is 4.72 Å². The van der Waals surface area contributed by atoms with Crippen LogP contribution in [0.3, 0.4) is 0 Å². The SMILES string of the molecule is CCC(O)(CC)CNS(=O)(=O)CBr. The molecule has 0 atom stereocenters. The van der Waals surface area contributed by atoms with E-state index in [9.17, 15) is 13.5 Å². The second kappa shape index (κ2) is 5.29. The van der Waals surface area contributed by atoms with Crippen LogP contribution in [0.2, 0.25) is 0 Å². The lowest BCUT2D eigenvalue weighted by Crippen LogP contribution is -2.42. The van der Waals surface area contributed by atoms with Crippen molar-refractivity contribution in [3.8, 4) is 0 Å². The van der Waals surface area contributed by atoms with Crippen LogP contribution in [-0.4, -0.2) is 30.3 Å².